The molecule has 3 aromatic rings. The molecule has 11 nitrogen and oxygen atoms in total. The lowest BCUT2D eigenvalue weighted by Gasteiger charge is -2.27. The van der Waals surface area contributed by atoms with Gasteiger partial charge in [0.05, 0.1) is 39.5 Å². The molecule has 2 aliphatic heterocycles. The lowest BCUT2D eigenvalue weighted by atomic mass is 9.93. The van der Waals surface area contributed by atoms with Crippen LogP contribution in [-0.4, -0.2) is 98.7 Å². The van der Waals surface area contributed by atoms with E-state index in [4.69, 9.17) is 14.2 Å². The normalized spacial score (nSPS) is 19.3. The van der Waals surface area contributed by atoms with Crippen molar-refractivity contribution < 1.29 is 33.4 Å². The molecule has 5 rings (SSSR count). The fourth-order valence-corrected chi connectivity index (χ4v) is 5.62. The summed E-state index contributed by atoms with van der Waals surface area (Å²) in [6.45, 7) is 6.10. The lowest BCUT2D eigenvalue weighted by Crippen LogP contribution is -2.57. The highest BCUT2D eigenvalue weighted by Gasteiger charge is 2.50. The van der Waals surface area contributed by atoms with Gasteiger partial charge in [-0.15, -0.1) is 0 Å². The number of carbonyl (C=O) groups is 4. The van der Waals surface area contributed by atoms with Crippen molar-refractivity contribution in [2.45, 2.75) is 50.4 Å². The van der Waals surface area contributed by atoms with E-state index in [1.807, 2.05) is 71.6 Å². The highest BCUT2D eigenvalue weighted by molar-refractivity contribution is 5.98. The van der Waals surface area contributed by atoms with Gasteiger partial charge in [-0.3, -0.25) is 24.1 Å². The number of ketones is 1. The van der Waals surface area contributed by atoms with E-state index < -0.39 is 35.5 Å². The number of amides is 3. The zero-order chi connectivity index (χ0) is 34.1. The number of Topliss-reactive ketones (excluding diaryl/α,β-unsaturated/α-hetero) is 1. The number of nitrogens with zero attached hydrogens (tertiary/aromatic N) is 1. The largest absolute Gasteiger partial charge is 0.497 e. The van der Waals surface area contributed by atoms with Crippen LogP contribution in [0.2, 0.25) is 0 Å². The monoisotopic (exact) mass is 656 g/mol. The number of benzene rings is 3. The summed E-state index contributed by atoms with van der Waals surface area (Å²) >= 11 is 0. The molecule has 0 spiro atoms. The second kappa shape index (κ2) is 16.0. The van der Waals surface area contributed by atoms with Gasteiger partial charge in [-0.1, -0.05) is 66.7 Å². The zero-order valence-corrected chi connectivity index (χ0v) is 27.7. The van der Waals surface area contributed by atoms with Crippen LogP contribution in [0, 0.1) is 0 Å². The summed E-state index contributed by atoms with van der Waals surface area (Å²) in [5.74, 6) is -0.911. The fraction of sp³-hybridized carbons (Fsp3) is 0.405. The van der Waals surface area contributed by atoms with E-state index in [1.54, 1.807) is 33.1 Å². The third-order valence-corrected chi connectivity index (χ3v) is 8.71. The minimum absolute atomic E-state index is 0.147. The highest BCUT2D eigenvalue weighted by atomic mass is 16.6. The van der Waals surface area contributed by atoms with Crippen molar-refractivity contribution in [3.8, 4) is 16.9 Å². The molecule has 0 aliphatic carbocycles. The molecule has 0 radical (unpaired) electrons. The van der Waals surface area contributed by atoms with Gasteiger partial charge in [0.15, 0.2) is 5.78 Å². The van der Waals surface area contributed by atoms with E-state index >= 15 is 0 Å². The smallest absolute Gasteiger partial charge is 0.243 e. The first-order chi connectivity index (χ1) is 23.1. The fourth-order valence-electron chi connectivity index (χ4n) is 5.62. The molecule has 0 bridgehead atoms. The second-order valence-electron chi connectivity index (χ2n) is 12.5. The molecule has 4 atom stereocenters. The molecule has 2 saturated heterocycles. The Morgan fingerprint density at radius 3 is 1.96 bits per heavy atom. The van der Waals surface area contributed by atoms with Crippen molar-refractivity contribution in [2.75, 3.05) is 46.6 Å². The van der Waals surface area contributed by atoms with E-state index in [9.17, 15) is 19.2 Å². The van der Waals surface area contributed by atoms with Gasteiger partial charge in [-0.25, -0.2) is 0 Å². The van der Waals surface area contributed by atoms with Gasteiger partial charge in [0.25, 0.3) is 0 Å². The zero-order valence-electron chi connectivity index (χ0n) is 27.7. The summed E-state index contributed by atoms with van der Waals surface area (Å²) in [4.78, 5) is 55.6. The summed E-state index contributed by atoms with van der Waals surface area (Å²) < 4.78 is 16.1. The Balaban J connectivity index is 1.30. The summed E-state index contributed by atoms with van der Waals surface area (Å²) in [5, 5.41) is 8.48. The number of rotatable bonds is 15. The first kappa shape index (κ1) is 34.7. The predicted molar refractivity (Wildman–Crippen MR) is 180 cm³/mol. The molecule has 0 saturated carbocycles. The van der Waals surface area contributed by atoms with E-state index in [1.165, 1.54) is 0 Å². The van der Waals surface area contributed by atoms with Crippen molar-refractivity contribution in [1.29, 1.82) is 0 Å². The van der Waals surface area contributed by atoms with Crippen LogP contribution in [0.3, 0.4) is 0 Å². The van der Waals surface area contributed by atoms with Gasteiger partial charge in [0.1, 0.15) is 23.4 Å². The third kappa shape index (κ3) is 9.50. The van der Waals surface area contributed by atoms with Crippen molar-refractivity contribution in [2.24, 2.45) is 0 Å². The van der Waals surface area contributed by atoms with Gasteiger partial charge in [0, 0.05) is 19.5 Å². The number of carbonyl (C=O) groups excluding carboxylic acids is 4. The van der Waals surface area contributed by atoms with Gasteiger partial charge in [-0.2, -0.15) is 0 Å². The number of nitrogens with one attached hydrogen (secondary N) is 3. The van der Waals surface area contributed by atoms with E-state index in [0.717, 1.165) is 22.3 Å². The highest BCUT2D eigenvalue weighted by Crippen LogP contribution is 2.29. The number of ether oxygens (including phenoxy) is 3. The van der Waals surface area contributed by atoms with Gasteiger partial charge in [-0.05, 0) is 54.7 Å². The Labute approximate surface area is 281 Å². The Kier molecular flexibility index (Phi) is 11.6. The minimum Gasteiger partial charge on any atom is -0.497 e. The summed E-state index contributed by atoms with van der Waals surface area (Å²) in [5.41, 5.74) is 2.78. The second-order valence-corrected chi connectivity index (χ2v) is 12.5. The van der Waals surface area contributed by atoms with Crippen LogP contribution in [0.25, 0.3) is 11.1 Å². The van der Waals surface area contributed by atoms with Crippen LogP contribution in [0.15, 0.2) is 78.9 Å². The number of hydrogen-bond acceptors (Lipinski definition) is 8. The molecule has 2 aliphatic rings. The third-order valence-electron chi connectivity index (χ3n) is 8.71. The lowest BCUT2D eigenvalue weighted by molar-refractivity contribution is -0.134. The van der Waals surface area contributed by atoms with Crippen LogP contribution < -0.4 is 20.7 Å². The summed E-state index contributed by atoms with van der Waals surface area (Å²) in [6.07, 6.45) is 0.395. The first-order valence-electron chi connectivity index (χ1n) is 16.3. The standard InChI is InChI=1S/C37H44N4O7/c1-25(38-33(42)23-41-17-19-47-20-18-41)35(44)40-32(22-27-11-15-30(46-3)16-12-27)36(45)39-31(34(43)37(2)24-48-37)21-26-9-13-29(14-10-26)28-7-5-4-6-8-28/h4-16,25,31-32H,17-24H2,1-3H3,(H,38,42)(H,39,45)(H,40,44)/t25-,31+,32+,37-/m1/s1. The molecule has 2 fully saturated rings. The predicted octanol–water partition coefficient (Wildman–Crippen LogP) is 2.31. The van der Waals surface area contributed by atoms with Crippen LogP contribution in [0.1, 0.15) is 25.0 Å². The molecule has 2 heterocycles. The maximum Gasteiger partial charge on any atom is 0.243 e. The average Bonchev–Trinajstić information content (AvgIpc) is 3.86. The minimum atomic E-state index is -1.03. The Morgan fingerprint density at radius 1 is 0.792 bits per heavy atom. The SMILES string of the molecule is COc1ccc(C[C@H](NC(=O)[C@@H](C)NC(=O)CN2CCOCC2)C(=O)N[C@@H](Cc2ccc(-c3ccccc3)cc2)C(=O)[C@@]2(C)CO2)cc1. The summed E-state index contributed by atoms with van der Waals surface area (Å²) in [6, 6.07) is 22.2. The molecule has 11 heteroatoms. The van der Waals surface area contributed by atoms with Gasteiger partial charge < -0.3 is 30.2 Å². The Bertz CT molecular complexity index is 1550. The van der Waals surface area contributed by atoms with Crippen LogP contribution in [0.5, 0.6) is 5.75 Å². The van der Waals surface area contributed by atoms with Crippen LogP contribution >= 0.6 is 0 Å². The Morgan fingerprint density at radius 2 is 1.35 bits per heavy atom. The number of morpholine rings is 1. The number of hydrogen-bond donors (Lipinski definition) is 3. The molecule has 3 N–H and O–H groups in total. The maximum absolute atomic E-state index is 14.0. The molecule has 0 aromatic heterocycles. The molecule has 0 unspecified atom stereocenters. The number of epoxide rings is 1. The van der Waals surface area contributed by atoms with E-state index in [-0.39, 0.29) is 37.7 Å². The van der Waals surface area contributed by atoms with Gasteiger partial charge in [0.2, 0.25) is 17.7 Å². The average molecular weight is 657 g/mol. The molecule has 3 aromatic carbocycles. The molecule has 254 valence electrons. The molecular formula is C37H44N4O7. The van der Waals surface area contributed by atoms with Crippen LogP contribution in [-0.2, 0) is 41.5 Å². The van der Waals surface area contributed by atoms with Crippen LogP contribution in [0.4, 0.5) is 0 Å². The topological polar surface area (TPSA) is 139 Å². The molecule has 3 amide bonds. The maximum atomic E-state index is 14.0. The van der Waals surface area contributed by atoms with Gasteiger partial charge >= 0.3 is 0 Å². The van der Waals surface area contributed by atoms with Crippen molar-refractivity contribution >= 4 is 23.5 Å². The first-order valence-corrected chi connectivity index (χ1v) is 16.3. The van der Waals surface area contributed by atoms with Crippen molar-refractivity contribution in [1.82, 2.24) is 20.9 Å². The number of methoxy groups -OCH3 is 1. The quantitative estimate of drug-likeness (QED) is 0.212. The van der Waals surface area contributed by atoms with E-state index in [2.05, 4.69) is 16.0 Å². The van der Waals surface area contributed by atoms with E-state index in [0.29, 0.717) is 32.1 Å². The molecular weight excluding hydrogens is 612 g/mol. The molecule has 48 heavy (non-hydrogen) atoms. The van der Waals surface area contributed by atoms with Crippen molar-refractivity contribution in [3.63, 3.8) is 0 Å². The summed E-state index contributed by atoms with van der Waals surface area (Å²) in [7, 11) is 1.57. The van der Waals surface area contributed by atoms with Crippen molar-refractivity contribution in [3.05, 3.63) is 90.0 Å². The Hall–Kier alpha value is -4.58.